The zero-order valence-corrected chi connectivity index (χ0v) is 16.0. The maximum absolute atomic E-state index is 14.0. The Morgan fingerprint density at radius 3 is 2.79 bits per heavy atom. The third-order valence-corrected chi connectivity index (χ3v) is 4.40. The highest BCUT2D eigenvalue weighted by Crippen LogP contribution is 2.33. The van der Waals surface area contributed by atoms with Crippen LogP contribution in [0.4, 0.5) is 8.78 Å². The molecule has 1 atom stereocenters. The number of carbonyl (C=O) groups is 2. The molecule has 0 aromatic carbocycles. The van der Waals surface area contributed by atoms with Crippen LogP contribution in [0, 0.1) is 6.92 Å². The van der Waals surface area contributed by atoms with Gasteiger partial charge in [-0.25, -0.2) is 18.4 Å². The molecule has 0 saturated carbocycles. The molecule has 156 valence electrons. The molecule has 3 heterocycles. The molecule has 1 N–H and O–H groups in total. The fourth-order valence-corrected chi connectivity index (χ4v) is 3.01. The van der Waals surface area contributed by atoms with Gasteiger partial charge in [0, 0.05) is 26.3 Å². The minimum atomic E-state index is -3.03. The lowest BCUT2D eigenvalue weighted by molar-refractivity contribution is 0.0116. The number of nitrogens with one attached hydrogen (secondary N) is 1. The molecule has 0 spiro atoms. The van der Waals surface area contributed by atoms with Gasteiger partial charge >= 0.3 is 0 Å². The minimum Gasteiger partial charge on any atom is -0.383 e. The van der Waals surface area contributed by atoms with Crippen LogP contribution in [0.5, 0.6) is 0 Å². The zero-order chi connectivity index (χ0) is 21.0. The molecule has 3 rings (SSSR count). The summed E-state index contributed by atoms with van der Waals surface area (Å²) in [6, 6.07) is -0.827. The quantitative estimate of drug-likeness (QED) is 0.654. The molecule has 12 heteroatoms. The van der Waals surface area contributed by atoms with Crippen molar-refractivity contribution in [3.05, 3.63) is 35.7 Å². The van der Waals surface area contributed by atoms with Crippen molar-refractivity contribution in [2.45, 2.75) is 31.9 Å². The Hall–Kier alpha value is -3.02. The van der Waals surface area contributed by atoms with Gasteiger partial charge < -0.3 is 15.0 Å². The first-order chi connectivity index (χ1) is 13.8. The molecule has 2 amide bonds. The summed E-state index contributed by atoms with van der Waals surface area (Å²) in [5.74, 6) is -4.11. The standard InChI is InChI=1S/C17H21F2N7O3/c1-11-6-22-13(7-21-11)16(28)26-10-17(18,19)5-12(26)8-25-9-14(23-24-25)15(27)20-3-4-29-2/h6-7,9,12H,3-5,8,10H2,1-2H3,(H,20,27). The molecule has 0 radical (unpaired) electrons. The predicted molar refractivity (Wildman–Crippen MR) is 95.4 cm³/mol. The molecule has 0 bridgehead atoms. The van der Waals surface area contributed by atoms with Crippen LogP contribution in [0.2, 0.25) is 0 Å². The average molecular weight is 409 g/mol. The van der Waals surface area contributed by atoms with Gasteiger partial charge in [0.25, 0.3) is 17.7 Å². The molecular formula is C17H21F2N7O3. The molecule has 1 unspecified atom stereocenters. The van der Waals surface area contributed by atoms with Crippen molar-refractivity contribution >= 4 is 11.8 Å². The van der Waals surface area contributed by atoms with E-state index in [9.17, 15) is 18.4 Å². The highest BCUT2D eigenvalue weighted by molar-refractivity contribution is 5.92. The number of aryl methyl sites for hydroxylation is 1. The third kappa shape index (κ3) is 5.08. The molecule has 1 aliphatic rings. The zero-order valence-electron chi connectivity index (χ0n) is 16.0. The van der Waals surface area contributed by atoms with Crippen molar-refractivity contribution in [2.75, 3.05) is 26.8 Å². The molecule has 2 aromatic rings. The van der Waals surface area contributed by atoms with Crippen LogP contribution >= 0.6 is 0 Å². The summed E-state index contributed by atoms with van der Waals surface area (Å²) in [6.07, 6.45) is 3.51. The monoisotopic (exact) mass is 409 g/mol. The van der Waals surface area contributed by atoms with E-state index in [0.717, 1.165) is 4.90 Å². The van der Waals surface area contributed by atoms with Crippen molar-refractivity contribution in [3.63, 3.8) is 0 Å². The van der Waals surface area contributed by atoms with E-state index in [4.69, 9.17) is 4.74 Å². The number of methoxy groups -OCH3 is 1. The first-order valence-corrected chi connectivity index (χ1v) is 8.94. The van der Waals surface area contributed by atoms with Gasteiger partial charge in [0.15, 0.2) is 5.69 Å². The van der Waals surface area contributed by atoms with Gasteiger partial charge in [0.2, 0.25) is 0 Å². The summed E-state index contributed by atoms with van der Waals surface area (Å²) in [5, 5.41) is 10.2. The number of hydrogen-bond acceptors (Lipinski definition) is 7. The smallest absolute Gasteiger partial charge is 0.274 e. The Morgan fingerprint density at radius 2 is 2.10 bits per heavy atom. The van der Waals surface area contributed by atoms with Gasteiger partial charge in [-0.3, -0.25) is 14.6 Å². The highest BCUT2D eigenvalue weighted by Gasteiger charge is 2.47. The van der Waals surface area contributed by atoms with Crippen molar-refractivity contribution in [2.24, 2.45) is 0 Å². The number of alkyl halides is 2. The molecular weight excluding hydrogens is 388 g/mol. The lowest BCUT2D eigenvalue weighted by Crippen LogP contribution is -2.39. The van der Waals surface area contributed by atoms with Gasteiger partial charge in [-0.15, -0.1) is 5.10 Å². The number of carbonyl (C=O) groups excluding carboxylic acids is 2. The lowest BCUT2D eigenvalue weighted by Gasteiger charge is -2.23. The first-order valence-electron chi connectivity index (χ1n) is 8.94. The number of halogens is 2. The molecule has 10 nitrogen and oxygen atoms in total. The van der Waals surface area contributed by atoms with Crippen LogP contribution in [0.3, 0.4) is 0 Å². The van der Waals surface area contributed by atoms with Crippen LogP contribution < -0.4 is 5.32 Å². The van der Waals surface area contributed by atoms with E-state index in [0.29, 0.717) is 18.8 Å². The van der Waals surface area contributed by atoms with Gasteiger partial charge in [0.1, 0.15) is 5.69 Å². The van der Waals surface area contributed by atoms with Crippen molar-refractivity contribution in [1.82, 2.24) is 35.2 Å². The van der Waals surface area contributed by atoms with E-state index in [2.05, 4.69) is 25.6 Å². The van der Waals surface area contributed by atoms with E-state index in [-0.39, 0.29) is 17.9 Å². The van der Waals surface area contributed by atoms with Crippen molar-refractivity contribution in [1.29, 1.82) is 0 Å². The number of likely N-dealkylation sites (tertiary alicyclic amines) is 1. The Morgan fingerprint density at radius 1 is 1.31 bits per heavy atom. The summed E-state index contributed by atoms with van der Waals surface area (Å²) in [7, 11) is 1.51. The summed E-state index contributed by atoms with van der Waals surface area (Å²) < 4.78 is 34.2. The largest absolute Gasteiger partial charge is 0.383 e. The fourth-order valence-electron chi connectivity index (χ4n) is 3.01. The Kier molecular flexibility index (Phi) is 6.11. The number of ether oxygens (including phenoxy) is 1. The summed E-state index contributed by atoms with van der Waals surface area (Å²) in [6.45, 7) is 1.61. The Balaban J connectivity index is 1.70. The second-order valence-electron chi connectivity index (χ2n) is 6.76. The van der Waals surface area contributed by atoms with E-state index in [1.165, 1.54) is 30.4 Å². The van der Waals surface area contributed by atoms with E-state index < -0.39 is 36.7 Å². The highest BCUT2D eigenvalue weighted by atomic mass is 19.3. The fraction of sp³-hybridized carbons (Fsp3) is 0.529. The first kappa shape index (κ1) is 20.7. The average Bonchev–Trinajstić information content (AvgIpc) is 3.26. The number of aromatic nitrogens is 5. The van der Waals surface area contributed by atoms with E-state index in [1.807, 2.05) is 0 Å². The van der Waals surface area contributed by atoms with Gasteiger partial charge in [-0.2, -0.15) is 0 Å². The van der Waals surface area contributed by atoms with Crippen LogP contribution in [-0.4, -0.2) is 80.4 Å². The number of nitrogens with zero attached hydrogens (tertiary/aromatic N) is 6. The molecule has 29 heavy (non-hydrogen) atoms. The third-order valence-electron chi connectivity index (χ3n) is 4.40. The summed E-state index contributed by atoms with van der Waals surface area (Å²) in [5.41, 5.74) is 0.659. The Labute approximate surface area is 165 Å². The number of rotatable bonds is 7. The van der Waals surface area contributed by atoms with Gasteiger partial charge in [0.05, 0.1) is 43.8 Å². The lowest BCUT2D eigenvalue weighted by atomic mass is 10.2. The van der Waals surface area contributed by atoms with Crippen molar-refractivity contribution in [3.8, 4) is 0 Å². The molecule has 0 aliphatic carbocycles. The van der Waals surface area contributed by atoms with Gasteiger partial charge in [-0.05, 0) is 6.92 Å². The maximum Gasteiger partial charge on any atom is 0.274 e. The van der Waals surface area contributed by atoms with Crippen molar-refractivity contribution < 1.29 is 23.1 Å². The second kappa shape index (κ2) is 8.55. The van der Waals surface area contributed by atoms with Crippen LogP contribution in [0.1, 0.15) is 33.1 Å². The minimum absolute atomic E-state index is 0.00454. The second-order valence-corrected chi connectivity index (χ2v) is 6.76. The normalized spacial score (nSPS) is 18.1. The molecule has 2 aromatic heterocycles. The van der Waals surface area contributed by atoms with Crippen LogP contribution in [-0.2, 0) is 11.3 Å². The van der Waals surface area contributed by atoms with E-state index >= 15 is 0 Å². The number of amides is 2. The molecule has 1 aliphatic heterocycles. The Bertz CT molecular complexity index is 872. The topological polar surface area (TPSA) is 115 Å². The van der Waals surface area contributed by atoms with Crippen LogP contribution in [0.25, 0.3) is 0 Å². The summed E-state index contributed by atoms with van der Waals surface area (Å²) in [4.78, 5) is 33.7. The number of hydrogen-bond donors (Lipinski definition) is 1. The molecule has 1 saturated heterocycles. The molecule has 1 fully saturated rings. The van der Waals surface area contributed by atoms with E-state index in [1.54, 1.807) is 6.92 Å². The SMILES string of the molecule is COCCNC(=O)c1cn(CC2CC(F)(F)CN2C(=O)c2cnc(C)cn2)nn1. The predicted octanol–water partition coefficient (Wildman–Crippen LogP) is 0.303. The van der Waals surface area contributed by atoms with Gasteiger partial charge in [-0.1, -0.05) is 5.21 Å². The van der Waals surface area contributed by atoms with Crippen LogP contribution in [0.15, 0.2) is 18.6 Å². The summed E-state index contributed by atoms with van der Waals surface area (Å²) >= 11 is 0. The maximum atomic E-state index is 14.0.